The summed E-state index contributed by atoms with van der Waals surface area (Å²) in [6.45, 7) is 4.19. The Bertz CT molecular complexity index is 805. The fraction of sp³-hybridized carbons (Fsp3) is 0.222. The molecule has 0 spiro atoms. The summed E-state index contributed by atoms with van der Waals surface area (Å²) >= 11 is 1.58. The van der Waals surface area contributed by atoms with Gasteiger partial charge in [-0.2, -0.15) is 5.10 Å². The Morgan fingerprint density at radius 2 is 2.00 bits per heavy atom. The van der Waals surface area contributed by atoms with Gasteiger partial charge >= 0.3 is 0 Å². The molecular weight excluding hydrogens is 290 g/mol. The van der Waals surface area contributed by atoms with Crippen molar-refractivity contribution in [2.75, 3.05) is 5.43 Å². The molecule has 0 saturated carbocycles. The molecular formula is C18H19N3S. The van der Waals surface area contributed by atoms with E-state index in [1.54, 1.807) is 11.3 Å². The number of thiazole rings is 1. The predicted molar refractivity (Wildman–Crippen MR) is 96.7 cm³/mol. The fourth-order valence-electron chi connectivity index (χ4n) is 2.37. The van der Waals surface area contributed by atoms with Crippen LogP contribution in [0.1, 0.15) is 26.7 Å². The fourth-order valence-corrected chi connectivity index (χ4v) is 3.03. The van der Waals surface area contributed by atoms with Crippen LogP contribution in [0.2, 0.25) is 0 Å². The van der Waals surface area contributed by atoms with E-state index in [1.807, 2.05) is 6.92 Å². The van der Waals surface area contributed by atoms with Crippen molar-refractivity contribution in [3.8, 4) is 11.3 Å². The lowest BCUT2D eigenvalue weighted by Crippen LogP contribution is -1.96. The summed E-state index contributed by atoms with van der Waals surface area (Å²) in [5, 5.41) is 9.74. The van der Waals surface area contributed by atoms with Crippen molar-refractivity contribution in [1.82, 2.24) is 4.98 Å². The molecule has 3 aromatic rings. The first-order chi connectivity index (χ1) is 10.8. The molecule has 0 fully saturated rings. The maximum Gasteiger partial charge on any atom is 0.203 e. The van der Waals surface area contributed by atoms with E-state index in [1.165, 1.54) is 10.8 Å². The van der Waals surface area contributed by atoms with Crippen LogP contribution < -0.4 is 5.43 Å². The third-order valence-corrected chi connectivity index (χ3v) is 4.25. The number of hydrogen-bond donors (Lipinski definition) is 1. The quantitative estimate of drug-likeness (QED) is 0.495. The Hall–Kier alpha value is -2.20. The highest BCUT2D eigenvalue weighted by Gasteiger charge is 2.05. The number of nitrogens with one attached hydrogen (secondary N) is 1. The molecule has 0 saturated heterocycles. The minimum absolute atomic E-state index is 0.832. The summed E-state index contributed by atoms with van der Waals surface area (Å²) in [5.74, 6) is 0. The second kappa shape index (κ2) is 6.71. The van der Waals surface area contributed by atoms with E-state index < -0.39 is 0 Å². The molecule has 1 N–H and O–H groups in total. The van der Waals surface area contributed by atoms with Gasteiger partial charge in [-0.25, -0.2) is 4.98 Å². The smallest absolute Gasteiger partial charge is 0.203 e. The Labute approximate surface area is 134 Å². The van der Waals surface area contributed by atoms with E-state index in [9.17, 15) is 0 Å². The average molecular weight is 309 g/mol. The van der Waals surface area contributed by atoms with Gasteiger partial charge in [0.15, 0.2) is 0 Å². The molecule has 0 aliphatic heterocycles. The molecule has 22 heavy (non-hydrogen) atoms. The molecule has 2 aromatic carbocycles. The highest BCUT2D eigenvalue weighted by Crippen LogP contribution is 2.27. The van der Waals surface area contributed by atoms with Gasteiger partial charge in [-0.1, -0.05) is 49.7 Å². The van der Waals surface area contributed by atoms with Gasteiger partial charge in [0, 0.05) is 16.7 Å². The van der Waals surface area contributed by atoms with Crippen LogP contribution in [0.15, 0.2) is 52.9 Å². The number of anilines is 1. The lowest BCUT2D eigenvalue weighted by atomic mass is 10.1. The normalized spacial score (nSPS) is 11.8. The topological polar surface area (TPSA) is 37.3 Å². The zero-order valence-corrected chi connectivity index (χ0v) is 13.7. The van der Waals surface area contributed by atoms with Crippen LogP contribution in [-0.4, -0.2) is 10.7 Å². The molecule has 0 unspecified atom stereocenters. The van der Waals surface area contributed by atoms with E-state index in [2.05, 4.69) is 70.3 Å². The number of nitrogens with zero attached hydrogens (tertiary/aromatic N) is 2. The van der Waals surface area contributed by atoms with E-state index in [0.29, 0.717) is 0 Å². The SMILES string of the molecule is CCC/C(C)=N\Nc1nc(-c2ccc3ccccc3c2)cs1. The molecule has 0 amide bonds. The predicted octanol–water partition coefficient (Wildman–Crippen LogP) is 5.55. The second-order valence-corrected chi connectivity index (χ2v) is 6.17. The van der Waals surface area contributed by atoms with Gasteiger partial charge in [0.05, 0.1) is 5.69 Å². The number of benzene rings is 2. The Morgan fingerprint density at radius 1 is 1.18 bits per heavy atom. The highest BCUT2D eigenvalue weighted by molar-refractivity contribution is 7.14. The number of fused-ring (bicyclic) bond motifs is 1. The van der Waals surface area contributed by atoms with Crippen LogP contribution in [0.3, 0.4) is 0 Å². The van der Waals surface area contributed by atoms with Gasteiger partial charge in [0.1, 0.15) is 0 Å². The summed E-state index contributed by atoms with van der Waals surface area (Å²) in [6, 6.07) is 14.8. The minimum atomic E-state index is 0.832. The highest BCUT2D eigenvalue weighted by atomic mass is 32.1. The number of hydrazone groups is 1. The van der Waals surface area contributed by atoms with E-state index >= 15 is 0 Å². The molecule has 3 nitrogen and oxygen atoms in total. The number of aromatic nitrogens is 1. The van der Waals surface area contributed by atoms with Crippen LogP contribution in [0.5, 0.6) is 0 Å². The molecule has 3 rings (SSSR count). The molecule has 112 valence electrons. The lowest BCUT2D eigenvalue weighted by molar-refractivity contribution is 0.983. The summed E-state index contributed by atoms with van der Waals surface area (Å²) in [4.78, 5) is 4.62. The largest absolute Gasteiger partial charge is 0.253 e. The van der Waals surface area contributed by atoms with Crippen molar-refractivity contribution in [3.63, 3.8) is 0 Å². The summed E-state index contributed by atoms with van der Waals surface area (Å²) in [7, 11) is 0. The van der Waals surface area contributed by atoms with Crippen molar-refractivity contribution in [1.29, 1.82) is 0 Å². The third-order valence-electron chi connectivity index (χ3n) is 3.50. The molecule has 0 aliphatic carbocycles. The molecule has 1 heterocycles. The van der Waals surface area contributed by atoms with Crippen molar-refractivity contribution in [3.05, 3.63) is 47.8 Å². The van der Waals surface area contributed by atoms with Crippen molar-refractivity contribution >= 4 is 33.0 Å². The maximum atomic E-state index is 4.62. The summed E-state index contributed by atoms with van der Waals surface area (Å²) in [6.07, 6.45) is 2.12. The van der Waals surface area contributed by atoms with E-state index in [0.717, 1.165) is 34.9 Å². The Morgan fingerprint density at radius 3 is 2.82 bits per heavy atom. The van der Waals surface area contributed by atoms with Gasteiger partial charge in [-0.3, -0.25) is 5.43 Å². The minimum Gasteiger partial charge on any atom is -0.253 e. The average Bonchev–Trinajstić information content (AvgIpc) is 3.02. The van der Waals surface area contributed by atoms with E-state index in [4.69, 9.17) is 0 Å². The molecule has 1 aromatic heterocycles. The molecule has 0 aliphatic rings. The standard InChI is InChI=1S/C18H19N3S/c1-3-6-13(2)20-21-18-19-17(12-22-18)16-10-9-14-7-4-5-8-15(14)11-16/h4-5,7-12H,3,6H2,1-2H3,(H,19,21)/b20-13-. The zero-order chi connectivity index (χ0) is 15.4. The molecule has 0 atom stereocenters. The molecule has 0 bridgehead atoms. The van der Waals surface area contributed by atoms with Crippen molar-refractivity contribution in [2.45, 2.75) is 26.7 Å². The number of rotatable bonds is 5. The number of hydrogen-bond acceptors (Lipinski definition) is 4. The monoisotopic (exact) mass is 309 g/mol. The van der Waals surface area contributed by atoms with Gasteiger partial charge < -0.3 is 0 Å². The van der Waals surface area contributed by atoms with Gasteiger partial charge in [-0.05, 0) is 30.2 Å². The lowest BCUT2D eigenvalue weighted by Gasteiger charge is -2.01. The van der Waals surface area contributed by atoms with Crippen molar-refractivity contribution < 1.29 is 0 Å². The Kier molecular flexibility index (Phi) is 4.49. The second-order valence-electron chi connectivity index (χ2n) is 5.31. The van der Waals surface area contributed by atoms with Gasteiger partial charge in [0.2, 0.25) is 5.13 Å². The maximum absolute atomic E-state index is 4.62. The summed E-state index contributed by atoms with van der Waals surface area (Å²) in [5.41, 5.74) is 6.28. The van der Waals surface area contributed by atoms with Crippen molar-refractivity contribution in [2.24, 2.45) is 5.10 Å². The zero-order valence-electron chi connectivity index (χ0n) is 12.8. The molecule has 0 radical (unpaired) electrons. The van der Waals surface area contributed by atoms with Crippen LogP contribution in [0.4, 0.5) is 5.13 Å². The van der Waals surface area contributed by atoms with Crippen LogP contribution >= 0.6 is 11.3 Å². The van der Waals surface area contributed by atoms with Crippen LogP contribution in [-0.2, 0) is 0 Å². The first-order valence-corrected chi connectivity index (χ1v) is 8.38. The summed E-state index contributed by atoms with van der Waals surface area (Å²) < 4.78 is 0. The third kappa shape index (κ3) is 3.34. The van der Waals surface area contributed by atoms with Crippen LogP contribution in [0, 0.1) is 0 Å². The van der Waals surface area contributed by atoms with Gasteiger partial charge in [0.25, 0.3) is 0 Å². The van der Waals surface area contributed by atoms with Gasteiger partial charge in [-0.15, -0.1) is 11.3 Å². The first kappa shape index (κ1) is 14.7. The first-order valence-electron chi connectivity index (χ1n) is 7.50. The Balaban J connectivity index is 1.81. The molecule has 4 heteroatoms. The van der Waals surface area contributed by atoms with E-state index in [-0.39, 0.29) is 0 Å². The van der Waals surface area contributed by atoms with Crippen LogP contribution in [0.25, 0.3) is 22.0 Å².